The van der Waals surface area contributed by atoms with Crippen LogP contribution in [0, 0.1) is 5.92 Å². The Morgan fingerprint density at radius 2 is 2.15 bits per heavy atom. The summed E-state index contributed by atoms with van der Waals surface area (Å²) in [6.45, 7) is 2.75. The van der Waals surface area contributed by atoms with Crippen molar-refractivity contribution in [1.29, 1.82) is 0 Å². The van der Waals surface area contributed by atoms with Gasteiger partial charge in [0.25, 0.3) is 0 Å². The van der Waals surface area contributed by atoms with Gasteiger partial charge in [0, 0.05) is 12.3 Å². The Labute approximate surface area is 123 Å². The molecule has 1 aromatic rings. The van der Waals surface area contributed by atoms with Gasteiger partial charge in [0.15, 0.2) is 9.84 Å². The van der Waals surface area contributed by atoms with E-state index in [2.05, 4.69) is 10.6 Å². The van der Waals surface area contributed by atoms with E-state index in [-0.39, 0.29) is 22.8 Å². The molecule has 1 amide bonds. The molecule has 20 heavy (non-hydrogen) atoms. The summed E-state index contributed by atoms with van der Waals surface area (Å²) < 4.78 is 23.0. The minimum Gasteiger partial charge on any atom is -0.324 e. The third kappa shape index (κ3) is 3.31. The van der Waals surface area contributed by atoms with Crippen molar-refractivity contribution in [2.24, 2.45) is 5.92 Å². The first-order valence-corrected chi connectivity index (χ1v) is 8.60. The Morgan fingerprint density at radius 1 is 1.45 bits per heavy atom. The summed E-state index contributed by atoms with van der Waals surface area (Å²) in [6.07, 6.45) is 1.88. The van der Waals surface area contributed by atoms with E-state index in [1.165, 1.54) is 18.2 Å². The van der Waals surface area contributed by atoms with E-state index in [4.69, 9.17) is 11.6 Å². The topological polar surface area (TPSA) is 75.3 Å². The van der Waals surface area contributed by atoms with Crippen molar-refractivity contribution in [2.45, 2.75) is 24.3 Å². The molecule has 0 spiro atoms. The van der Waals surface area contributed by atoms with Crippen molar-refractivity contribution in [3.05, 3.63) is 23.2 Å². The van der Waals surface area contributed by atoms with Gasteiger partial charge in [0.1, 0.15) is 0 Å². The van der Waals surface area contributed by atoms with Crippen LogP contribution in [0.5, 0.6) is 0 Å². The van der Waals surface area contributed by atoms with E-state index in [0.29, 0.717) is 10.7 Å². The number of sulfone groups is 1. The molecule has 110 valence electrons. The van der Waals surface area contributed by atoms with Crippen LogP contribution >= 0.6 is 11.6 Å². The average molecular weight is 317 g/mol. The maximum absolute atomic E-state index is 12.2. The van der Waals surface area contributed by atoms with Gasteiger partial charge in [-0.15, -0.1) is 0 Å². The van der Waals surface area contributed by atoms with Crippen LogP contribution in [0.4, 0.5) is 5.69 Å². The maximum atomic E-state index is 12.2. The molecule has 1 saturated heterocycles. The number of hydrogen-bond donors (Lipinski definition) is 2. The highest BCUT2D eigenvalue weighted by atomic mass is 35.5. The number of halogens is 1. The zero-order valence-corrected chi connectivity index (χ0v) is 12.9. The number of carbonyl (C=O) groups excluding carboxylic acids is 1. The molecule has 7 heteroatoms. The van der Waals surface area contributed by atoms with Crippen LogP contribution in [0.1, 0.15) is 13.3 Å². The molecule has 2 atom stereocenters. The minimum absolute atomic E-state index is 0.104. The summed E-state index contributed by atoms with van der Waals surface area (Å²) in [5.74, 6) is -0.275. The van der Waals surface area contributed by atoms with Gasteiger partial charge in [-0.1, -0.05) is 11.6 Å². The van der Waals surface area contributed by atoms with Crippen LogP contribution in [0.2, 0.25) is 5.02 Å². The number of hydrogen-bond acceptors (Lipinski definition) is 4. The van der Waals surface area contributed by atoms with E-state index < -0.39 is 9.84 Å². The SMILES string of the molecule is CC1NCCC1C(=O)Nc1cc(S(C)(=O)=O)ccc1Cl. The summed E-state index contributed by atoms with van der Waals surface area (Å²) in [4.78, 5) is 12.3. The highest BCUT2D eigenvalue weighted by molar-refractivity contribution is 7.90. The van der Waals surface area contributed by atoms with Crippen LogP contribution in [0.15, 0.2) is 23.1 Å². The standard InChI is InChI=1S/C13H17ClN2O3S/c1-8-10(5-6-15-8)13(17)16-12-7-9(20(2,18)19)3-4-11(12)14/h3-4,7-8,10,15H,5-6H2,1-2H3,(H,16,17). The molecule has 0 saturated carbocycles. The van der Waals surface area contributed by atoms with Gasteiger partial charge in [-0.2, -0.15) is 0 Å². The van der Waals surface area contributed by atoms with Crippen LogP contribution in [0.3, 0.4) is 0 Å². The quantitative estimate of drug-likeness (QED) is 0.889. The Bertz CT molecular complexity index is 631. The predicted molar refractivity (Wildman–Crippen MR) is 78.8 cm³/mol. The number of anilines is 1. The Hall–Kier alpha value is -1.11. The van der Waals surface area contributed by atoms with Crippen LogP contribution in [0.25, 0.3) is 0 Å². The minimum atomic E-state index is -3.33. The lowest BCUT2D eigenvalue weighted by atomic mass is 10.0. The van der Waals surface area contributed by atoms with Crippen LogP contribution in [-0.4, -0.2) is 33.2 Å². The van der Waals surface area contributed by atoms with Gasteiger partial charge < -0.3 is 10.6 Å². The molecule has 0 aromatic heterocycles. The summed E-state index contributed by atoms with van der Waals surface area (Å²) in [5, 5.41) is 6.24. The van der Waals surface area contributed by atoms with Crippen LogP contribution < -0.4 is 10.6 Å². The molecule has 1 aromatic carbocycles. The van der Waals surface area contributed by atoms with Gasteiger partial charge in [0.05, 0.1) is 21.5 Å². The lowest BCUT2D eigenvalue weighted by Gasteiger charge is -2.16. The molecule has 1 aliphatic rings. The summed E-state index contributed by atoms with van der Waals surface area (Å²) in [7, 11) is -3.33. The molecule has 0 aliphatic carbocycles. The smallest absolute Gasteiger partial charge is 0.229 e. The molecule has 2 rings (SSSR count). The van der Waals surface area contributed by atoms with Gasteiger partial charge in [-0.25, -0.2) is 8.42 Å². The Balaban J connectivity index is 2.22. The Morgan fingerprint density at radius 3 is 2.70 bits per heavy atom. The second-order valence-corrected chi connectivity index (χ2v) is 7.46. The molecule has 0 bridgehead atoms. The fourth-order valence-electron chi connectivity index (χ4n) is 2.27. The third-order valence-electron chi connectivity index (χ3n) is 3.49. The molecule has 1 heterocycles. The Kier molecular flexibility index (Phi) is 4.36. The largest absolute Gasteiger partial charge is 0.324 e. The zero-order chi connectivity index (χ0) is 14.9. The van der Waals surface area contributed by atoms with E-state index in [9.17, 15) is 13.2 Å². The molecule has 2 N–H and O–H groups in total. The number of amides is 1. The van der Waals surface area contributed by atoms with Crippen molar-refractivity contribution >= 4 is 33.0 Å². The lowest BCUT2D eigenvalue weighted by Crippen LogP contribution is -2.32. The summed E-state index contributed by atoms with van der Waals surface area (Å²) in [5.41, 5.74) is 0.332. The van der Waals surface area contributed by atoms with Crippen molar-refractivity contribution in [2.75, 3.05) is 18.1 Å². The van der Waals surface area contributed by atoms with E-state index in [0.717, 1.165) is 19.2 Å². The van der Waals surface area contributed by atoms with Crippen molar-refractivity contribution in [3.8, 4) is 0 Å². The number of carbonyl (C=O) groups is 1. The first-order chi connectivity index (χ1) is 9.29. The predicted octanol–water partition coefficient (Wildman–Crippen LogP) is 1.68. The zero-order valence-electron chi connectivity index (χ0n) is 11.3. The van der Waals surface area contributed by atoms with E-state index in [1.54, 1.807) is 0 Å². The number of nitrogens with one attached hydrogen (secondary N) is 2. The first-order valence-electron chi connectivity index (χ1n) is 6.33. The van der Waals surface area contributed by atoms with Gasteiger partial charge in [0.2, 0.25) is 5.91 Å². The van der Waals surface area contributed by atoms with Crippen molar-refractivity contribution in [1.82, 2.24) is 5.32 Å². The van der Waals surface area contributed by atoms with Crippen molar-refractivity contribution < 1.29 is 13.2 Å². The number of rotatable bonds is 3. The fraction of sp³-hybridized carbons (Fsp3) is 0.462. The number of benzene rings is 1. The summed E-state index contributed by atoms with van der Waals surface area (Å²) >= 11 is 6.01. The fourth-order valence-corrected chi connectivity index (χ4v) is 3.09. The molecule has 2 unspecified atom stereocenters. The highest BCUT2D eigenvalue weighted by Gasteiger charge is 2.29. The van der Waals surface area contributed by atoms with E-state index >= 15 is 0 Å². The lowest BCUT2D eigenvalue weighted by molar-refractivity contribution is -0.120. The van der Waals surface area contributed by atoms with Gasteiger partial charge >= 0.3 is 0 Å². The molecule has 5 nitrogen and oxygen atoms in total. The first kappa shape index (κ1) is 15.3. The van der Waals surface area contributed by atoms with E-state index in [1.807, 2.05) is 6.92 Å². The molecule has 1 aliphatic heterocycles. The molecule has 0 radical (unpaired) electrons. The second-order valence-electron chi connectivity index (χ2n) is 5.04. The van der Waals surface area contributed by atoms with Crippen molar-refractivity contribution in [3.63, 3.8) is 0 Å². The van der Waals surface area contributed by atoms with Gasteiger partial charge in [-0.3, -0.25) is 4.79 Å². The molecular weight excluding hydrogens is 300 g/mol. The average Bonchev–Trinajstić information content (AvgIpc) is 2.77. The second kappa shape index (κ2) is 5.71. The normalized spacial score (nSPS) is 22.8. The maximum Gasteiger partial charge on any atom is 0.229 e. The monoisotopic (exact) mass is 316 g/mol. The molecule has 1 fully saturated rings. The highest BCUT2D eigenvalue weighted by Crippen LogP contribution is 2.27. The molecular formula is C13H17ClN2O3S. The summed E-state index contributed by atoms with van der Waals surface area (Å²) in [6, 6.07) is 4.39. The third-order valence-corrected chi connectivity index (χ3v) is 4.93. The van der Waals surface area contributed by atoms with Gasteiger partial charge in [-0.05, 0) is 38.1 Å². The van der Waals surface area contributed by atoms with Crippen LogP contribution in [-0.2, 0) is 14.6 Å².